The first kappa shape index (κ1) is 20.0. The number of nitro benzene ring substituents is 1. The van der Waals surface area contributed by atoms with Crippen molar-refractivity contribution in [2.24, 2.45) is 13.0 Å². The summed E-state index contributed by atoms with van der Waals surface area (Å²) in [4.78, 5) is 22.2. The average molecular weight is 407 g/mol. The first-order chi connectivity index (χ1) is 13.3. The van der Waals surface area contributed by atoms with Crippen molar-refractivity contribution in [2.75, 3.05) is 19.6 Å². The Kier molecular flexibility index (Phi) is 5.75. The zero-order valence-electron chi connectivity index (χ0n) is 15.3. The third-order valence-electron chi connectivity index (χ3n) is 4.77. The van der Waals surface area contributed by atoms with Crippen molar-refractivity contribution in [3.63, 3.8) is 0 Å². The number of aryl methyl sites for hydroxylation is 1. The fourth-order valence-corrected chi connectivity index (χ4v) is 4.82. The molecule has 0 radical (unpaired) electrons. The largest absolute Gasteiger partial charge is 0.352 e. The molecule has 150 valence electrons. The molecular weight excluding hydrogens is 386 g/mol. The Morgan fingerprint density at radius 2 is 2.00 bits per heavy atom. The first-order valence-corrected chi connectivity index (χ1v) is 10.2. The Labute approximate surface area is 162 Å². The van der Waals surface area contributed by atoms with E-state index in [4.69, 9.17) is 0 Å². The number of nitrogens with one attached hydrogen (secondary N) is 1. The number of para-hydroxylation sites is 1. The van der Waals surface area contributed by atoms with Crippen LogP contribution in [-0.4, -0.2) is 53.0 Å². The fraction of sp³-hybridized carbons (Fsp3) is 0.412. The van der Waals surface area contributed by atoms with Crippen molar-refractivity contribution in [1.82, 2.24) is 19.4 Å². The molecule has 0 saturated carbocycles. The van der Waals surface area contributed by atoms with Gasteiger partial charge in [0.15, 0.2) is 4.90 Å². The van der Waals surface area contributed by atoms with Crippen molar-refractivity contribution in [3.05, 3.63) is 52.3 Å². The van der Waals surface area contributed by atoms with Crippen molar-refractivity contribution in [3.8, 4) is 0 Å². The molecule has 0 atom stereocenters. The van der Waals surface area contributed by atoms with Crippen molar-refractivity contribution >= 4 is 21.6 Å². The molecule has 10 nitrogen and oxygen atoms in total. The average Bonchev–Trinajstić information content (AvgIpc) is 3.13. The van der Waals surface area contributed by atoms with Gasteiger partial charge in [-0.15, -0.1) is 0 Å². The van der Waals surface area contributed by atoms with Crippen molar-refractivity contribution in [1.29, 1.82) is 0 Å². The van der Waals surface area contributed by atoms with Gasteiger partial charge >= 0.3 is 0 Å². The van der Waals surface area contributed by atoms with Crippen LogP contribution >= 0.6 is 0 Å². The number of carbonyl (C=O) groups is 1. The van der Waals surface area contributed by atoms with Gasteiger partial charge in [0.1, 0.15) is 0 Å². The highest BCUT2D eigenvalue weighted by molar-refractivity contribution is 7.89. The first-order valence-electron chi connectivity index (χ1n) is 8.79. The number of rotatable bonds is 6. The number of hydrogen-bond donors (Lipinski definition) is 1. The number of aromatic nitrogens is 2. The molecule has 1 amide bonds. The number of hydrogen-bond acceptors (Lipinski definition) is 6. The maximum atomic E-state index is 12.8. The minimum absolute atomic E-state index is 0.137. The van der Waals surface area contributed by atoms with Crippen LogP contribution in [0, 0.1) is 16.0 Å². The topological polar surface area (TPSA) is 127 Å². The van der Waals surface area contributed by atoms with Crippen LogP contribution in [-0.2, 0) is 17.1 Å². The van der Waals surface area contributed by atoms with Crippen molar-refractivity contribution < 1.29 is 18.1 Å². The van der Waals surface area contributed by atoms with E-state index in [1.807, 2.05) is 0 Å². The number of benzene rings is 1. The molecule has 1 fully saturated rings. The monoisotopic (exact) mass is 407 g/mol. The number of nitro groups is 1. The highest BCUT2D eigenvalue weighted by Gasteiger charge is 2.34. The third-order valence-corrected chi connectivity index (χ3v) is 6.72. The van der Waals surface area contributed by atoms with Gasteiger partial charge in [-0.2, -0.15) is 9.40 Å². The van der Waals surface area contributed by atoms with Gasteiger partial charge in [0.25, 0.3) is 11.6 Å². The van der Waals surface area contributed by atoms with Gasteiger partial charge in [0, 0.05) is 38.9 Å². The fourth-order valence-electron chi connectivity index (χ4n) is 3.20. The Balaban J connectivity index is 1.59. The van der Waals surface area contributed by atoms with Crippen LogP contribution in [0.5, 0.6) is 0 Å². The third kappa shape index (κ3) is 4.20. The molecule has 1 aromatic carbocycles. The predicted molar refractivity (Wildman–Crippen MR) is 100 cm³/mol. The lowest BCUT2D eigenvalue weighted by atomic mass is 9.98. The van der Waals surface area contributed by atoms with Crippen LogP contribution < -0.4 is 5.32 Å². The van der Waals surface area contributed by atoms with E-state index in [1.54, 1.807) is 17.9 Å². The Morgan fingerprint density at radius 3 is 2.61 bits per heavy atom. The van der Waals surface area contributed by atoms with Crippen LogP contribution in [0.2, 0.25) is 0 Å². The van der Waals surface area contributed by atoms with Crippen LogP contribution in [0.3, 0.4) is 0 Å². The predicted octanol–water partition coefficient (Wildman–Crippen LogP) is 1.16. The van der Waals surface area contributed by atoms with E-state index in [1.165, 1.54) is 34.8 Å². The van der Waals surface area contributed by atoms with E-state index in [0.717, 1.165) is 0 Å². The van der Waals surface area contributed by atoms with Gasteiger partial charge < -0.3 is 5.32 Å². The van der Waals surface area contributed by atoms with Gasteiger partial charge in [0.2, 0.25) is 10.0 Å². The molecule has 0 unspecified atom stereocenters. The maximum Gasteiger partial charge on any atom is 0.289 e. The standard InChI is InChI=1S/C17H21N5O5S/c1-20-12-14(11-19-20)17(23)18-10-13-6-8-21(9-7-13)28(26,27)16-5-3-2-4-15(16)22(24)25/h2-5,11-13H,6-10H2,1H3,(H,18,23). The number of nitrogens with zero attached hydrogens (tertiary/aromatic N) is 4. The van der Waals surface area contributed by atoms with E-state index in [2.05, 4.69) is 10.4 Å². The summed E-state index contributed by atoms with van der Waals surface area (Å²) in [7, 11) is -2.21. The molecule has 1 aliphatic heterocycles. The lowest BCUT2D eigenvalue weighted by Gasteiger charge is -2.31. The minimum atomic E-state index is -3.94. The van der Waals surface area contributed by atoms with Gasteiger partial charge in [-0.25, -0.2) is 8.42 Å². The molecule has 3 rings (SSSR count). The smallest absolute Gasteiger partial charge is 0.289 e. The van der Waals surface area contributed by atoms with E-state index in [-0.39, 0.29) is 29.8 Å². The van der Waals surface area contributed by atoms with Crippen LogP contribution in [0.1, 0.15) is 23.2 Å². The Morgan fingerprint density at radius 1 is 1.32 bits per heavy atom. The lowest BCUT2D eigenvalue weighted by molar-refractivity contribution is -0.387. The van der Waals surface area contributed by atoms with Crippen LogP contribution in [0.25, 0.3) is 0 Å². The quantitative estimate of drug-likeness (QED) is 0.565. The molecule has 1 aromatic heterocycles. The number of piperidine rings is 1. The molecular formula is C17H21N5O5S. The Bertz CT molecular complexity index is 979. The highest BCUT2D eigenvalue weighted by Crippen LogP contribution is 2.29. The van der Waals surface area contributed by atoms with Crippen molar-refractivity contribution in [2.45, 2.75) is 17.7 Å². The highest BCUT2D eigenvalue weighted by atomic mass is 32.2. The summed E-state index contributed by atoms with van der Waals surface area (Å²) < 4.78 is 28.4. The van der Waals surface area contributed by atoms with E-state index in [9.17, 15) is 23.3 Å². The normalized spacial score (nSPS) is 16.0. The molecule has 0 aliphatic carbocycles. The van der Waals surface area contributed by atoms with Gasteiger partial charge in [-0.1, -0.05) is 12.1 Å². The second-order valence-corrected chi connectivity index (χ2v) is 8.59. The summed E-state index contributed by atoms with van der Waals surface area (Å²) in [6.07, 6.45) is 4.23. The van der Waals surface area contributed by atoms with Crippen LogP contribution in [0.15, 0.2) is 41.6 Å². The Hall–Kier alpha value is -2.79. The van der Waals surface area contributed by atoms with Gasteiger partial charge in [-0.3, -0.25) is 19.6 Å². The molecule has 1 saturated heterocycles. The summed E-state index contributed by atoms with van der Waals surface area (Å²) in [6.45, 7) is 0.941. The molecule has 0 bridgehead atoms. The lowest BCUT2D eigenvalue weighted by Crippen LogP contribution is -2.41. The summed E-state index contributed by atoms with van der Waals surface area (Å²) in [6, 6.07) is 5.36. The summed E-state index contributed by atoms with van der Waals surface area (Å²) in [5.41, 5.74) is 0.0484. The summed E-state index contributed by atoms with van der Waals surface area (Å²) in [5.74, 6) is -0.0825. The summed E-state index contributed by atoms with van der Waals surface area (Å²) >= 11 is 0. The number of amides is 1. The molecule has 2 aromatic rings. The maximum absolute atomic E-state index is 12.8. The molecule has 11 heteroatoms. The van der Waals surface area contributed by atoms with E-state index in [0.29, 0.717) is 24.9 Å². The molecule has 1 N–H and O–H groups in total. The molecule has 28 heavy (non-hydrogen) atoms. The number of carbonyl (C=O) groups excluding carboxylic acids is 1. The molecule has 2 heterocycles. The van der Waals surface area contributed by atoms with Gasteiger partial charge in [-0.05, 0) is 24.8 Å². The second-order valence-electron chi connectivity index (χ2n) is 6.69. The van der Waals surface area contributed by atoms with Gasteiger partial charge in [0.05, 0.1) is 16.7 Å². The summed E-state index contributed by atoms with van der Waals surface area (Å²) in [5, 5.41) is 17.9. The molecule has 1 aliphatic rings. The van der Waals surface area contributed by atoms with E-state index >= 15 is 0 Å². The van der Waals surface area contributed by atoms with Crippen LogP contribution in [0.4, 0.5) is 5.69 Å². The zero-order valence-corrected chi connectivity index (χ0v) is 16.1. The molecule has 0 spiro atoms. The second kappa shape index (κ2) is 8.07. The van der Waals surface area contributed by atoms with E-state index < -0.39 is 20.6 Å². The zero-order chi connectivity index (χ0) is 20.3. The number of sulfonamides is 1. The SMILES string of the molecule is Cn1cc(C(=O)NCC2CCN(S(=O)(=O)c3ccccc3[N+](=O)[O-])CC2)cn1. The minimum Gasteiger partial charge on any atom is -0.352 e.